The first-order valence-electron chi connectivity index (χ1n) is 7.53. The third-order valence-corrected chi connectivity index (χ3v) is 4.12. The topological polar surface area (TPSA) is 61.8 Å². The highest BCUT2D eigenvalue weighted by Gasteiger charge is 2.44. The van der Waals surface area contributed by atoms with Gasteiger partial charge in [0.05, 0.1) is 0 Å². The Kier molecular flexibility index (Phi) is 6.77. The van der Waals surface area contributed by atoms with Gasteiger partial charge in [-0.05, 0) is 31.7 Å². The molecule has 1 aliphatic carbocycles. The zero-order valence-corrected chi connectivity index (χ0v) is 12.7. The van der Waals surface area contributed by atoms with Crippen molar-refractivity contribution >= 4 is 5.84 Å². The van der Waals surface area contributed by atoms with Crippen molar-refractivity contribution in [3.8, 4) is 0 Å². The highest BCUT2D eigenvalue weighted by atomic mass is 19.4. The summed E-state index contributed by atoms with van der Waals surface area (Å²) in [6.45, 7) is 4.50. The third-order valence-electron chi connectivity index (χ3n) is 4.12. The summed E-state index contributed by atoms with van der Waals surface area (Å²) in [5.41, 5.74) is 5.26. The van der Waals surface area contributed by atoms with Gasteiger partial charge in [0.2, 0.25) is 0 Å². The minimum Gasteiger partial charge on any atom is -0.409 e. The van der Waals surface area contributed by atoms with Crippen molar-refractivity contribution in [1.82, 2.24) is 4.90 Å². The van der Waals surface area contributed by atoms with Gasteiger partial charge >= 0.3 is 6.18 Å². The van der Waals surface area contributed by atoms with Gasteiger partial charge in [-0.3, -0.25) is 4.90 Å². The molecule has 21 heavy (non-hydrogen) atoms. The zero-order chi connectivity index (χ0) is 16.0. The van der Waals surface area contributed by atoms with Crippen LogP contribution in [-0.4, -0.2) is 41.3 Å². The molecule has 124 valence electrons. The standard InChI is InChI=1S/C14H26F3N3O/c1-10(2)7-8-20(11-5-3-4-6-11)9-12(13(18)19-21)14(15,16)17/h10-12,21H,3-9H2,1-2H3,(H2,18,19). The SMILES string of the molecule is CC(C)CCN(CC(C(N)=NO)C(F)(F)F)C1CCCC1. The third kappa shape index (κ3) is 5.73. The van der Waals surface area contributed by atoms with Crippen LogP contribution in [0.1, 0.15) is 46.0 Å². The van der Waals surface area contributed by atoms with Gasteiger partial charge < -0.3 is 10.9 Å². The molecule has 0 aromatic rings. The number of amidine groups is 1. The van der Waals surface area contributed by atoms with E-state index >= 15 is 0 Å². The fourth-order valence-electron chi connectivity index (χ4n) is 2.79. The number of hydrogen-bond donors (Lipinski definition) is 2. The van der Waals surface area contributed by atoms with Crippen LogP contribution < -0.4 is 5.73 Å². The van der Waals surface area contributed by atoms with Crippen LogP contribution in [0.5, 0.6) is 0 Å². The van der Waals surface area contributed by atoms with Crippen molar-refractivity contribution in [2.24, 2.45) is 22.7 Å². The molecule has 1 atom stereocenters. The van der Waals surface area contributed by atoms with E-state index in [9.17, 15) is 13.2 Å². The van der Waals surface area contributed by atoms with Crippen molar-refractivity contribution in [3.63, 3.8) is 0 Å². The quantitative estimate of drug-likeness (QED) is 0.328. The van der Waals surface area contributed by atoms with Crippen LogP contribution in [-0.2, 0) is 0 Å². The molecule has 4 nitrogen and oxygen atoms in total. The van der Waals surface area contributed by atoms with Crippen LogP contribution in [0.15, 0.2) is 5.16 Å². The maximum atomic E-state index is 13.1. The fourth-order valence-corrected chi connectivity index (χ4v) is 2.79. The van der Waals surface area contributed by atoms with Crippen LogP contribution in [0.3, 0.4) is 0 Å². The summed E-state index contributed by atoms with van der Waals surface area (Å²) in [6.07, 6.45) is 0.326. The molecule has 0 bridgehead atoms. The Bertz CT molecular complexity index is 339. The second kappa shape index (κ2) is 7.87. The molecule has 3 N–H and O–H groups in total. The number of rotatable bonds is 7. The molecule has 0 radical (unpaired) electrons. The van der Waals surface area contributed by atoms with Gasteiger partial charge in [-0.15, -0.1) is 0 Å². The lowest BCUT2D eigenvalue weighted by Gasteiger charge is -2.33. The Morgan fingerprint density at radius 1 is 1.33 bits per heavy atom. The summed E-state index contributed by atoms with van der Waals surface area (Å²) in [5.74, 6) is -2.23. The highest BCUT2D eigenvalue weighted by molar-refractivity contribution is 5.83. The van der Waals surface area contributed by atoms with E-state index in [-0.39, 0.29) is 12.6 Å². The Hall–Kier alpha value is -0.980. The number of nitrogens with zero attached hydrogens (tertiary/aromatic N) is 2. The molecule has 1 unspecified atom stereocenters. The molecule has 1 fully saturated rings. The van der Waals surface area contributed by atoms with Crippen molar-refractivity contribution in [2.75, 3.05) is 13.1 Å². The average Bonchev–Trinajstić information content (AvgIpc) is 2.90. The summed E-state index contributed by atoms with van der Waals surface area (Å²) in [6, 6.07) is 0.181. The van der Waals surface area contributed by atoms with E-state index in [1.807, 2.05) is 4.90 Å². The van der Waals surface area contributed by atoms with Gasteiger partial charge in [0.15, 0.2) is 5.84 Å². The fraction of sp³-hybridized carbons (Fsp3) is 0.929. The summed E-state index contributed by atoms with van der Waals surface area (Å²) < 4.78 is 39.3. The highest BCUT2D eigenvalue weighted by Crippen LogP contribution is 2.31. The smallest absolute Gasteiger partial charge is 0.400 e. The Morgan fingerprint density at radius 2 is 1.90 bits per heavy atom. The Labute approximate surface area is 124 Å². The molecule has 0 aliphatic heterocycles. The minimum atomic E-state index is -4.50. The maximum Gasteiger partial charge on any atom is 0.400 e. The lowest BCUT2D eigenvalue weighted by atomic mass is 10.0. The average molecular weight is 309 g/mol. The monoisotopic (exact) mass is 309 g/mol. The van der Waals surface area contributed by atoms with Crippen molar-refractivity contribution in [3.05, 3.63) is 0 Å². The summed E-state index contributed by atoms with van der Waals surface area (Å²) >= 11 is 0. The molecular formula is C14H26F3N3O. The van der Waals surface area contributed by atoms with Gasteiger partial charge in [0.25, 0.3) is 0 Å². The number of halogens is 3. The van der Waals surface area contributed by atoms with E-state index in [1.165, 1.54) is 0 Å². The summed E-state index contributed by atoms with van der Waals surface area (Å²) in [4.78, 5) is 1.88. The van der Waals surface area contributed by atoms with Crippen molar-refractivity contribution in [2.45, 2.75) is 58.2 Å². The van der Waals surface area contributed by atoms with Gasteiger partial charge in [-0.25, -0.2) is 0 Å². The van der Waals surface area contributed by atoms with Gasteiger partial charge in [-0.2, -0.15) is 13.2 Å². The van der Waals surface area contributed by atoms with E-state index in [0.29, 0.717) is 12.5 Å². The largest absolute Gasteiger partial charge is 0.409 e. The van der Waals surface area contributed by atoms with Crippen LogP contribution in [0, 0.1) is 11.8 Å². The van der Waals surface area contributed by atoms with E-state index in [2.05, 4.69) is 19.0 Å². The summed E-state index contributed by atoms with van der Waals surface area (Å²) in [7, 11) is 0. The van der Waals surface area contributed by atoms with Crippen molar-refractivity contribution in [1.29, 1.82) is 0 Å². The van der Waals surface area contributed by atoms with Crippen LogP contribution >= 0.6 is 0 Å². The van der Waals surface area contributed by atoms with E-state index in [1.54, 1.807) is 0 Å². The first-order valence-corrected chi connectivity index (χ1v) is 7.53. The number of nitrogens with two attached hydrogens (primary N) is 1. The normalized spacial score (nSPS) is 19.7. The van der Waals surface area contributed by atoms with Gasteiger partial charge in [0, 0.05) is 12.6 Å². The molecule has 7 heteroatoms. The number of alkyl halides is 3. The predicted octanol–water partition coefficient (Wildman–Crippen LogP) is 3.20. The molecule has 0 aromatic carbocycles. The molecule has 0 spiro atoms. The second-order valence-electron chi connectivity index (χ2n) is 6.23. The lowest BCUT2D eigenvalue weighted by molar-refractivity contribution is -0.161. The molecule has 1 rings (SSSR count). The molecule has 0 aromatic heterocycles. The van der Waals surface area contributed by atoms with Gasteiger partial charge in [0.1, 0.15) is 5.92 Å². The molecule has 0 amide bonds. The maximum absolute atomic E-state index is 13.1. The molecule has 0 heterocycles. The van der Waals surface area contributed by atoms with E-state index in [0.717, 1.165) is 32.1 Å². The zero-order valence-electron chi connectivity index (χ0n) is 12.7. The summed E-state index contributed by atoms with van der Waals surface area (Å²) in [5, 5.41) is 11.2. The van der Waals surface area contributed by atoms with Gasteiger partial charge in [-0.1, -0.05) is 31.8 Å². The Balaban J connectivity index is 2.80. The second-order valence-corrected chi connectivity index (χ2v) is 6.23. The Morgan fingerprint density at radius 3 is 2.33 bits per heavy atom. The number of hydrogen-bond acceptors (Lipinski definition) is 3. The van der Waals surface area contributed by atoms with Crippen LogP contribution in [0.4, 0.5) is 13.2 Å². The molecular weight excluding hydrogens is 283 g/mol. The first-order chi connectivity index (χ1) is 9.75. The molecule has 0 saturated heterocycles. The van der Waals surface area contributed by atoms with E-state index < -0.39 is 17.9 Å². The van der Waals surface area contributed by atoms with Crippen LogP contribution in [0.25, 0.3) is 0 Å². The minimum absolute atomic E-state index is 0.181. The lowest BCUT2D eigenvalue weighted by Crippen LogP contribution is -2.47. The number of oxime groups is 1. The van der Waals surface area contributed by atoms with Crippen LogP contribution in [0.2, 0.25) is 0 Å². The first kappa shape index (κ1) is 18.1. The molecule has 1 aliphatic rings. The molecule has 1 saturated carbocycles. The van der Waals surface area contributed by atoms with E-state index in [4.69, 9.17) is 10.9 Å². The predicted molar refractivity (Wildman–Crippen MR) is 76.2 cm³/mol. The van der Waals surface area contributed by atoms with Crippen molar-refractivity contribution < 1.29 is 18.4 Å².